The number of halogens is 2. The molecule has 3 aromatic carbocycles. The molecular weight excluding hydrogens is 425 g/mol. The highest BCUT2D eigenvalue weighted by Crippen LogP contribution is 2.27. The van der Waals surface area contributed by atoms with E-state index in [1.54, 1.807) is 6.92 Å². The van der Waals surface area contributed by atoms with Crippen LogP contribution in [0.15, 0.2) is 81.4 Å². The fourth-order valence-corrected chi connectivity index (χ4v) is 5.36. The highest BCUT2D eigenvalue weighted by atomic mass is 35.5. The lowest BCUT2D eigenvalue weighted by molar-refractivity contribution is 0.595. The molecule has 0 fully saturated rings. The van der Waals surface area contributed by atoms with Gasteiger partial charge in [-0.25, -0.2) is 21.2 Å². The number of aryl methyl sites for hydroxylation is 1. The smallest absolute Gasteiger partial charge is 0.262 e. The Bertz CT molecular complexity index is 1240. The standard InChI is InChI=1S/C19H15ClFNO4S2/c1-13-5-8-18(27(23,24)17-9-6-14(20)7-10-17)12-19(13)28(25,26)22-16-4-2-3-15(21)11-16/h2-12,22H,1H3. The van der Waals surface area contributed by atoms with Gasteiger partial charge in [0, 0.05) is 5.02 Å². The van der Waals surface area contributed by atoms with Crippen LogP contribution in [0.2, 0.25) is 5.02 Å². The lowest BCUT2D eigenvalue weighted by Gasteiger charge is -2.12. The van der Waals surface area contributed by atoms with Gasteiger partial charge in [0.2, 0.25) is 9.84 Å². The molecule has 3 aromatic rings. The third-order valence-electron chi connectivity index (χ3n) is 3.96. The number of hydrogen-bond donors (Lipinski definition) is 1. The van der Waals surface area contributed by atoms with Crippen LogP contribution >= 0.6 is 11.6 Å². The van der Waals surface area contributed by atoms with Crippen LogP contribution in [0.5, 0.6) is 0 Å². The van der Waals surface area contributed by atoms with E-state index in [1.165, 1.54) is 54.6 Å². The Balaban J connectivity index is 2.05. The lowest BCUT2D eigenvalue weighted by atomic mass is 10.2. The molecule has 5 nitrogen and oxygen atoms in total. The molecular formula is C19H15ClFNO4S2. The van der Waals surface area contributed by atoms with Gasteiger partial charge in [-0.1, -0.05) is 23.7 Å². The summed E-state index contributed by atoms with van der Waals surface area (Å²) in [7, 11) is -8.08. The third kappa shape index (κ3) is 4.19. The van der Waals surface area contributed by atoms with Crippen molar-refractivity contribution in [3.8, 4) is 0 Å². The average Bonchev–Trinajstić information content (AvgIpc) is 2.61. The second kappa shape index (κ2) is 7.54. The summed E-state index contributed by atoms with van der Waals surface area (Å²) in [5, 5.41) is 0.380. The van der Waals surface area contributed by atoms with Gasteiger partial charge in [0.25, 0.3) is 10.0 Å². The first-order valence-corrected chi connectivity index (χ1v) is 11.3. The Morgan fingerprint density at radius 3 is 2.14 bits per heavy atom. The van der Waals surface area contributed by atoms with E-state index in [0.717, 1.165) is 12.1 Å². The highest BCUT2D eigenvalue weighted by Gasteiger charge is 2.23. The minimum absolute atomic E-state index is 0.0119. The van der Waals surface area contributed by atoms with Crippen LogP contribution in [-0.2, 0) is 19.9 Å². The van der Waals surface area contributed by atoms with Crippen molar-refractivity contribution >= 4 is 37.1 Å². The summed E-state index contributed by atoms with van der Waals surface area (Å²) < 4.78 is 66.8. The van der Waals surface area contributed by atoms with E-state index < -0.39 is 25.7 Å². The van der Waals surface area contributed by atoms with Crippen LogP contribution in [0.1, 0.15) is 5.56 Å². The highest BCUT2D eigenvalue weighted by molar-refractivity contribution is 7.93. The molecule has 28 heavy (non-hydrogen) atoms. The maximum Gasteiger partial charge on any atom is 0.262 e. The zero-order valence-electron chi connectivity index (χ0n) is 14.6. The number of rotatable bonds is 5. The molecule has 0 saturated heterocycles. The second-order valence-electron chi connectivity index (χ2n) is 6.00. The van der Waals surface area contributed by atoms with Crippen molar-refractivity contribution in [2.45, 2.75) is 21.6 Å². The monoisotopic (exact) mass is 439 g/mol. The molecule has 0 aliphatic rings. The van der Waals surface area contributed by atoms with Gasteiger partial charge >= 0.3 is 0 Å². The first-order chi connectivity index (χ1) is 13.1. The van der Waals surface area contributed by atoms with E-state index in [1.807, 2.05) is 0 Å². The van der Waals surface area contributed by atoms with Crippen LogP contribution in [-0.4, -0.2) is 16.8 Å². The normalized spacial score (nSPS) is 12.0. The Morgan fingerprint density at radius 2 is 1.50 bits per heavy atom. The largest absolute Gasteiger partial charge is 0.280 e. The Morgan fingerprint density at radius 1 is 0.857 bits per heavy atom. The van der Waals surface area contributed by atoms with E-state index >= 15 is 0 Å². The predicted molar refractivity (Wildman–Crippen MR) is 105 cm³/mol. The zero-order valence-corrected chi connectivity index (χ0v) is 16.9. The molecule has 0 atom stereocenters. The van der Waals surface area contributed by atoms with Crippen molar-refractivity contribution in [3.05, 3.63) is 83.1 Å². The van der Waals surface area contributed by atoms with Crippen molar-refractivity contribution in [2.24, 2.45) is 0 Å². The fourth-order valence-electron chi connectivity index (χ4n) is 2.55. The quantitative estimate of drug-likeness (QED) is 0.638. The first-order valence-electron chi connectivity index (χ1n) is 7.99. The van der Waals surface area contributed by atoms with Crippen LogP contribution in [0.4, 0.5) is 10.1 Å². The Labute approximate surface area is 167 Å². The number of hydrogen-bond acceptors (Lipinski definition) is 4. The minimum Gasteiger partial charge on any atom is -0.280 e. The number of anilines is 1. The van der Waals surface area contributed by atoms with E-state index in [9.17, 15) is 21.2 Å². The Kier molecular flexibility index (Phi) is 5.47. The SMILES string of the molecule is Cc1ccc(S(=O)(=O)c2ccc(Cl)cc2)cc1S(=O)(=O)Nc1cccc(F)c1. The molecule has 0 bridgehead atoms. The lowest BCUT2D eigenvalue weighted by Crippen LogP contribution is -2.15. The molecule has 3 rings (SSSR count). The predicted octanol–water partition coefficient (Wildman–Crippen LogP) is 4.42. The Hall–Kier alpha value is -2.42. The van der Waals surface area contributed by atoms with Gasteiger partial charge in [0.15, 0.2) is 0 Å². The zero-order chi connectivity index (χ0) is 20.5. The summed E-state index contributed by atoms with van der Waals surface area (Å²) in [6.07, 6.45) is 0. The van der Waals surface area contributed by atoms with Gasteiger partial charge in [-0.15, -0.1) is 0 Å². The molecule has 0 radical (unpaired) electrons. The second-order valence-corrected chi connectivity index (χ2v) is 10.0. The molecule has 0 heterocycles. The third-order valence-corrected chi connectivity index (χ3v) is 7.50. The van der Waals surface area contributed by atoms with Gasteiger partial charge in [-0.3, -0.25) is 4.72 Å². The summed E-state index contributed by atoms with van der Waals surface area (Å²) in [6, 6.07) is 14.4. The summed E-state index contributed by atoms with van der Waals surface area (Å²) >= 11 is 5.79. The van der Waals surface area contributed by atoms with Crippen molar-refractivity contribution in [2.75, 3.05) is 4.72 Å². The van der Waals surface area contributed by atoms with Gasteiger partial charge in [-0.05, 0) is 67.1 Å². The average molecular weight is 440 g/mol. The van der Waals surface area contributed by atoms with Crippen LogP contribution < -0.4 is 4.72 Å². The number of sulfone groups is 1. The topological polar surface area (TPSA) is 80.3 Å². The fraction of sp³-hybridized carbons (Fsp3) is 0.0526. The molecule has 1 N–H and O–H groups in total. The molecule has 0 aromatic heterocycles. The van der Waals surface area contributed by atoms with Crippen LogP contribution in [0, 0.1) is 12.7 Å². The molecule has 0 saturated carbocycles. The summed E-state index contributed by atoms with van der Waals surface area (Å²) in [5.41, 5.74) is 0.379. The van der Waals surface area contributed by atoms with E-state index in [0.29, 0.717) is 10.6 Å². The van der Waals surface area contributed by atoms with Gasteiger partial charge in [0.1, 0.15) is 5.82 Å². The van der Waals surface area contributed by atoms with E-state index in [4.69, 9.17) is 11.6 Å². The number of benzene rings is 3. The molecule has 0 aliphatic heterocycles. The van der Waals surface area contributed by atoms with Gasteiger partial charge in [-0.2, -0.15) is 0 Å². The van der Waals surface area contributed by atoms with Crippen molar-refractivity contribution in [1.29, 1.82) is 0 Å². The maximum absolute atomic E-state index is 13.3. The molecule has 0 unspecified atom stereocenters. The van der Waals surface area contributed by atoms with Crippen LogP contribution in [0.3, 0.4) is 0 Å². The molecule has 9 heteroatoms. The minimum atomic E-state index is -4.13. The maximum atomic E-state index is 13.3. The van der Waals surface area contributed by atoms with Crippen molar-refractivity contribution in [3.63, 3.8) is 0 Å². The summed E-state index contributed by atoms with van der Waals surface area (Å²) in [5.74, 6) is -0.601. The van der Waals surface area contributed by atoms with E-state index in [2.05, 4.69) is 4.72 Å². The number of nitrogens with one attached hydrogen (secondary N) is 1. The molecule has 0 spiro atoms. The summed E-state index contributed by atoms with van der Waals surface area (Å²) in [6.45, 7) is 1.54. The van der Waals surface area contributed by atoms with Crippen LogP contribution in [0.25, 0.3) is 0 Å². The molecule has 146 valence electrons. The van der Waals surface area contributed by atoms with Crippen molar-refractivity contribution in [1.82, 2.24) is 0 Å². The summed E-state index contributed by atoms with van der Waals surface area (Å²) in [4.78, 5) is -0.408. The first kappa shape index (κ1) is 20.3. The van der Waals surface area contributed by atoms with E-state index in [-0.39, 0.29) is 20.4 Å². The molecule has 0 amide bonds. The van der Waals surface area contributed by atoms with Gasteiger partial charge in [0.05, 0.1) is 20.4 Å². The molecule has 0 aliphatic carbocycles. The van der Waals surface area contributed by atoms with Gasteiger partial charge < -0.3 is 0 Å². The van der Waals surface area contributed by atoms with Crippen molar-refractivity contribution < 1.29 is 21.2 Å². The number of sulfonamides is 1.